The maximum atomic E-state index is 12.8. The summed E-state index contributed by atoms with van der Waals surface area (Å²) in [5.41, 5.74) is 6.40. The first-order valence-electron chi connectivity index (χ1n) is 8.94. The van der Waals surface area contributed by atoms with Gasteiger partial charge in [-0.2, -0.15) is 0 Å². The van der Waals surface area contributed by atoms with E-state index in [4.69, 9.17) is 5.73 Å². The quantitative estimate of drug-likeness (QED) is 0.811. The van der Waals surface area contributed by atoms with E-state index in [0.29, 0.717) is 6.54 Å². The average molecular weight is 366 g/mol. The van der Waals surface area contributed by atoms with Crippen LogP contribution in [0.3, 0.4) is 0 Å². The van der Waals surface area contributed by atoms with Crippen molar-refractivity contribution in [3.63, 3.8) is 0 Å². The van der Waals surface area contributed by atoms with Gasteiger partial charge in [-0.1, -0.05) is 0 Å². The topological polar surface area (TPSA) is 82.8 Å². The highest BCUT2D eigenvalue weighted by Crippen LogP contribution is 2.20. The van der Waals surface area contributed by atoms with Crippen molar-refractivity contribution in [3.05, 3.63) is 16.1 Å². The minimum Gasteiger partial charge on any atom is -0.369 e. The molecule has 3 rings (SSSR count). The van der Waals surface area contributed by atoms with Crippen molar-refractivity contribution in [2.24, 2.45) is 11.7 Å². The minimum atomic E-state index is -0.320. The van der Waals surface area contributed by atoms with Gasteiger partial charge >= 0.3 is 0 Å². The molecule has 138 valence electrons. The fraction of sp³-hybridized carbons (Fsp3) is 0.706. The van der Waals surface area contributed by atoms with Crippen LogP contribution in [0.15, 0.2) is 5.38 Å². The van der Waals surface area contributed by atoms with Gasteiger partial charge in [0, 0.05) is 44.6 Å². The van der Waals surface area contributed by atoms with Gasteiger partial charge in [-0.3, -0.25) is 19.4 Å². The van der Waals surface area contributed by atoms with Crippen LogP contribution >= 0.6 is 11.3 Å². The molecule has 0 spiro atoms. The number of nitrogens with two attached hydrogens (primary N) is 1. The summed E-state index contributed by atoms with van der Waals surface area (Å²) < 4.78 is 0. The number of amides is 2. The number of hydrogen-bond acceptors (Lipinski definition) is 6. The maximum Gasteiger partial charge on any atom is 0.231 e. The Morgan fingerprint density at radius 3 is 2.64 bits per heavy atom. The number of piperazine rings is 1. The molecule has 2 N–H and O–H groups in total. The molecule has 2 fully saturated rings. The molecule has 8 heteroatoms. The Labute approximate surface area is 152 Å². The highest BCUT2D eigenvalue weighted by atomic mass is 32.1. The zero-order valence-electron chi connectivity index (χ0n) is 14.8. The molecule has 25 heavy (non-hydrogen) atoms. The highest BCUT2D eigenvalue weighted by molar-refractivity contribution is 7.09. The molecule has 0 saturated carbocycles. The van der Waals surface area contributed by atoms with E-state index in [1.54, 1.807) is 11.3 Å². The summed E-state index contributed by atoms with van der Waals surface area (Å²) in [6.07, 6.45) is 1.86. The van der Waals surface area contributed by atoms with Crippen LogP contribution in [-0.4, -0.2) is 77.3 Å². The summed E-state index contributed by atoms with van der Waals surface area (Å²) >= 11 is 1.68. The summed E-state index contributed by atoms with van der Waals surface area (Å²) in [6.45, 7) is 7.97. The number of likely N-dealkylation sites (tertiary alicyclic amines) is 1. The van der Waals surface area contributed by atoms with Crippen molar-refractivity contribution < 1.29 is 9.59 Å². The number of rotatable bonds is 5. The first-order valence-corrected chi connectivity index (χ1v) is 9.82. The van der Waals surface area contributed by atoms with E-state index >= 15 is 0 Å². The molecule has 0 bridgehead atoms. The maximum absolute atomic E-state index is 12.8. The van der Waals surface area contributed by atoms with Crippen LogP contribution < -0.4 is 5.73 Å². The number of aromatic nitrogens is 1. The van der Waals surface area contributed by atoms with Crippen LogP contribution in [0.25, 0.3) is 0 Å². The van der Waals surface area contributed by atoms with Gasteiger partial charge in [0.05, 0.1) is 23.2 Å². The second kappa shape index (κ2) is 8.25. The second-order valence-electron chi connectivity index (χ2n) is 7.00. The van der Waals surface area contributed by atoms with Crippen LogP contribution in [0, 0.1) is 12.8 Å². The summed E-state index contributed by atoms with van der Waals surface area (Å²) in [5, 5.41) is 3.21. The van der Waals surface area contributed by atoms with E-state index in [1.807, 2.05) is 16.7 Å². The number of hydrogen-bond donors (Lipinski definition) is 1. The van der Waals surface area contributed by atoms with Crippen LogP contribution in [0.2, 0.25) is 0 Å². The van der Waals surface area contributed by atoms with Gasteiger partial charge < -0.3 is 10.6 Å². The molecule has 0 aromatic carbocycles. The van der Waals surface area contributed by atoms with Crippen molar-refractivity contribution in [3.8, 4) is 0 Å². The number of carbonyl (C=O) groups excluding carboxylic acids is 2. The number of carbonyl (C=O) groups is 2. The van der Waals surface area contributed by atoms with Crippen molar-refractivity contribution in [1.82, 2.24) is 19.7 Å². The predicted molar refractivity (Wildman–Crippen MR) is 97.1 cm³/mol. The minimum absolute atomic E-state index is 0.000778. The third kappa shape index (κ3) is 4.99. The Morgan fingerprint density at radius 2 is 2.00 bits per heavy atom. The lowest BCUT2D eigenvalue weighted by Gasteiger charge is -2.38. The Hall–Kier alpha value is -1.51. The van der Waals surface area contributed by atoms with Crippen molar-refractivity contribution in [2.45, 2.75) is 26.3 Å². The van der Waals surface area contributed by atoms with E-state index in [-0.39, 0.29) is 24.3 Å². The normalized spacial score (nSPS) is 22.9. The third-order valence-electron chi connectivity index (χ3n) is 4.97. The smallest absolute Gasteiger partial charge is 0.231 e. The van der Waals surface area contributed by atoms with Gasteiger partial charge in [-0.05, 0) is 26.3 Å². The molecule has 2 saturated heterocycles. The van der Waals surface area contributed by atoms with E-state index in [0.717, 1.165) is 62.8 Å². The lowest BCUT2D eigenvalue weighted by Crippen LogP contribution is -2.52. The second-order valence-corrected chi connectivity index (χ2v) is 8.06. The number of primary amides is 1. The summed E-state index contributed by atoms with van der Waals surface area (Å²) in [6, 6.07) is 0. The molecule has 0 aliphatic carbocycles. The summed E-state index contributed by atoms with van der Waals surface area (Å²) in [7, 11) is 0. The summed E-state index contributed by atoms with van der Waals surface area (Å²) in [5.74, 6) is -0.0850. The van der Waals surface area contributed by atoms with E-state index in [1.165, 1.54) is 0 Å². The predicted octanol–water partition coefficient (Wildman–Crippen LogP) is 0.293. The van der Waals surface area contributed by atoms with Crippen LogP contribution in [0.5, 0.6) is 0 Å². The molecular weight excluding hydrogens is 338 g/mol. The SMILES string of the molecule is Cc1nc(CN2CCN(C(=O)C3CCCN(CC(N)=O)C3)CC2)cs1. The monoisotopic (exact) mass is 365 g/mol. The van der Waals surface area contributed by atoms with Crippen LogP contribution in [0.4, 0.5) is 0 Å². The first-order chi connectivity index (χ1) is 12.0. The summed E-state index contributed by atoms with van der Waals surface area (Å²) in [4.78, 5) is 34.8. The van der Waals surface area contributed by atoms with Crippen LogP contribution in [-0.2, 0) is 16.1 Å². The van der Waals surface area contributed by atoms with Gasteiger partial charge in [0.2, 0.25) is 11.8 Å². The Bertz CT molecular complexity index is 612. The van der Waals surface area contributed by atoms with Gasteiger partial charge in [-0.15, -0.1) is 11.3 Å². The molecular formula is C17H27N5O2S. The lowest BCUT2D eigenvalue weighted by molar-refractivity contribution is -0.139. The lowest BCUT2D eigenvalue weighted by atomic mass is 9.96. The van der Waals surface area contributed by atoms with Gasteiger partial charge in [0.15, 0.2) is 0 Å². The van der Waals surface area contributed by atoms with Crippen molar-refractivity contribution >= 4 is 23.2 Å². The van der Waals surface area contributed by atoms with Crippen LogP contribution in [0.1, 0.15) is 23.5 Å². The average Bonchev–Trinajstić information content (AvgIpc) is 2.99. The molecule has 0 radical (unpaired) electrons. The van der Waals surface area contributed by atoms with Crippen molar-refractivity contribution in [1.29, 1.82) is 0 Å². The zero-order chi connectivity index (χ0) is 17.8. The Balaban J connectivity index is 1.47. The molecule has 1 atom stereocenters. The van der Waals surface area contributed by atoms with Crippen molar-refractivity contribution in [2.75, 3.05) is 45.8 Å². The molecule has 1 aromatic heterocycles. The van der Waals surface area contributed by atoms with E-state index in [9.17, 15) is 9.59 Å². The van der Waals surface area contributed by atoms with E-state index < -0.39 is 0 Å². The largest absolute Gasteiger partial charge is 0.369 e. The van der Waals surface area contributed by atoms with Gasteiger partial charge in [-0.25, -0.2) is 4.98 Å². The number of piperidine rings is 1. The first kappa shape index (κ1) is 18.3. The molecule has 1 unspecified atom stereocenters. The third-order valence-corrected chi connectivity index (χ3v) is 5.79. The Morgan fingerprint density at radius 1 is 1.24 bits per heavy atom. The highest BCUT2D eigenvalue weighted by Gasteiger charge is 2.31. The molecule has 2 aliphatic rings. The van der Waals surface area contributed by atoms with Gasteiger partial charge in [0.25, 0.3) is 0 Å². The van der Waals surface area contributed by atoms with E-state index in [2.05, 4.69) is 15.3 Å². The number of aryl methyl sites for hydroxylation is 1. The number of thiazole rings is 1. The standard InChI is InChI=1S/C17H27N5O2S/c1-13-19-15(12-25-13)10-20-5-7-22(8-6-20)17(24)14-3-2-4-21(9-14)11-16(18)23/h12,14H,2-11H2,1H3,(H2,18,23). The zero-order valence-corrected chi connectivity index (χ0v) is 15.6. The molecule has 7 nitrogen and oxygen atoms in total. The Kier molecular flexibility index (Phi) is 6.03. The molecule has 3 heterocycles. The van der Waals surface area contributed by atoms with Gasteiger partial charge in [0.1, 0.15) is 0 Å². The molecule has 2 aliphatic heterocycles. The fourth-order valence-corrected chi connectivity index (χ4v) is 4.32. The fourth-order valence-electron chi connectivity index (χ4n) is 3.72. The molecule has 1 aromatic rings. The number of nitrogens with zero attached hydrogens (tertiary/aromatic N) is 4. The molecule has 2 amide bonds.